The molecule has 0 atom stereocenters. The Morgan fingerprint density at radius 1 is 1.54 bits per heavy atom. The lowest BCUT2D eigenvalue weighted by Crippen LogP contribution is -2.23. The van der Waals surface area contributed by atoms with E-state index >= 15 is 0 Å². The average Bonchev–Trinajstić information content (AvgIpc) is 2.52. The Morgan fingerprint density at radius 3 is 2.85 bits per heavy atom. The van der Waals surface area contributed by atoms with Gasteiger partial charge in [0.15, 0.2) is 0 Å². The van der Waals surface area contributed by atoms with Gasteiger partial charge in [-0.25, -0.2) is 8.47 Å². The molecule has 0 saturated carbocycles. The highest BCUT2D eigenvalue weighted by atomic mass is 32.3. The van der Waals surface area contributed by atoms with Crippen LogP contribution < -0.4 is 4.28 Å². The van der Waals surface area contributed by atoms with Crippen LogP contribution >= 0.6 is 0 Å². The molecule has 0 aliphatic heterocycles. The number of hydrogen-bond donors (Lipinski definition) is 1. The summed E-state index contributed by atoms with van der Waals surface area (Å²) in [6.07, 6.45) is 2.64. The molecule has 0 radical (unpaired) electrons. The second-order valence-electron chi connectivity index (χ2n) is 1.94. The largest absolute Gasteiger partial charge is 0.469 e. The quantitative estimate of drug-likeness (QED) is 0.637. The van der Waals surface area contributed by atoms with Crippen LogP contribution in [0.2, 0.25) is 0 Å². The molecule has 0 aliphatic rings. The highest BCUT2D eigenvalue weighted by Gasteiger charge is 2.13. The van der Waals surface area contributed by atoms with Crippen LogP contribution in [-0.2, 0) is 14.6 Å². The lowest BCUT2D eigenvalue weighted by atomic mass is 10.8. The summed E-state index contributed by atoms with van der Waals surface area (Å²) in [4.78, 5) is 0.729. The zero-order valence-electron chi connectivity index (χ0n) is 6.53. The first-order valence-electron chi connectivity index (χ1n) is 3.34. The maximum Gasteiger partial charge on any atom is 0.469 e. The highest BCUT2D eigenvalue weighted by Crippen LogP contribution is 1.91. The molecule has 0 fully saturated rings. The predicted octanol–water partition coefficient (Wildman–Crippen LogP) is -1.43. The monoisotopic (exact) mass is 208 g/mol. The molecular formula is C5H8N2O5S. The lowest BCUT2D eigenvalue weighted by Gasteiger charge is -2.03. The zero-order chi connectivity index (χ0) is 9.73. The minimum absolute atomic E-state index is 0.344. The molecule has 0 unspecified atom stereocenters. The molecule has 0 aliphatic carbocycles. The van der Waals surface area contributed by atoms with Crippen molar-refractivity contribution >= 4 is 10.4 Å². The fraction of sp³-hybridized carbons (Fsp3) is 0.400. The normalized spacial score (nSPS) is 11.5. The standard InChI is InChI=1S/C5H8N2O5S/c8-4-5-11-13(9,10)12-7-3-1-2-6-7/h1-3,8H,4-5H2. The van der Waals surface area contributed by atoms with E-state index in [9.17, 15) is 8.42 Å². The van der Waals surface area contributed by atoms with Crippen molar-refractivity contribution in [3.8, 4) is 0 Å². The van der Waals surface area contributed by atoms with Gasteiger partial charge in [0.1, 0.15) is 0 Å². The van der Waals surface area contributed by atoms with E-state index in [4.69, 9.17) is 5.11 Å². The summed E-state index contributed by atoms with van der Waals surface area (Å²) in [6.45, 7) is -0.745. The van der Waals surface area contributed by atoms with E-state index in [1.807, 2.05) is 0 Å². The molecule has 1 rings (SSSR count). The molecule has 1 heterocycles. The molecular weight excluding hydrogens is 200 g/mol. The van der Waals surface area contributed by atoms with Gasteiger partial charge in [-0.1, -0.05) is 4.85 Å². The van der Waals surface area contributed by atoms with Crippen LogP contribution in [0.25, 0.3) is 0 Å². The van der Waals surface area contributed by atoms with Crippen molar-refractivity contribution in [3.63, 3.8) is 0 Å². The number of hydrogen-bond acceptors (Lipinski definition) is 6. The number of rotatable bonds is 5. The van der Waals surface area contributed by atoms with Crippen molar-refractivity contribution in [3.05, 3.63) is 18.5 Å². The number of aromatic nitrogens is 2. The van der Waals surface area contributed by atoms with Gasteiger partial charge in [-0.2, -0.15) is 8.42 Å². The van der Waals surface area contributed by atoms with Crippen LogP contribution in [0.4, 0.5) is 0 Å². The summed E-state index contributed by atoms with van der Waals surface area (Å²) < 4.78 is 30.2. The van der Waals surface area contributed by atoms with E-state index in [-0.39, 0.29) is 6.61 Å². The van der Waals surface area contributed by atoms with E-state index in [1.54, 1.807) is 0 Å². The summed E-state index contributed by atoms with van der Waals surface area (Å²) in [5.41, 5.74) is 0. The van der Waals surface area contributed by atoms with Crippen LogP contribution in [0, 0.1) is 0 Å². The van der Waals surface area contributed by atoms with Gasteiger partial charge in [-0.05, 0) is 6.07 Å². The van der Waals surface area contributed by atoms with Crippen molar-refractivity contribution in [2.75, 3.05) is 13.2 Å². The van der Waals surface area contributed by atoms with Gasteiger partial charge in [-0.15, -0.1) is 5.10 Å². The Morgan fingerprint density at radius 2 is 2.31 bits per heavy atom. The first-order valence-corrected chi connectivity index (χ1v) is 4.67. The second-order valence-corrected chi connectivity index (χ2v) is 3.14. The molecule has 1 N–H and O–H groups in total. The third-order valence-corrected chi connectivity index (χ3v) is 1.76. The van der Waals surface area contributed by atoms with Crippen molar-refractivity contribution in [1.82, 2.24) is 9.94 Å². The molecule has 13 heavy (non-hydrogen) atoms. The molecule has 0 aromatic carbocycles. The van der Waals surface area contributed by atoms with E-state index in [0.717, 1.165) is 4.85 Å². The SMILES string of the molecule is O=S(=O)(OCCO)On1cccn1. The molecule has 0 bridgehead atoms. The van der Waals surface area contributed by atoms with E-state index in [2.05, 4.69) is 13.6 Å². The van der Waals surface area contributed by atoms with Crippen LogP contribution in [0.5, 0.6) is 0 Å². The smallest absolute Gasteiger partial charge is 0.394 e. The third kappa shape index (κ3) is 3.40. The molecule has 1 aromatic rings. The summed E-state index contributed by atoms with van der Waals surface area (Å²) in [5.74, 6) is 0. The Labute approximate surface area is 74.8 Å². The maximum absolute atomic E-state index is 10.8. The number of aliphatic hydroxyl groups is 1. The summed E-state index contributed by atoms with van der Waals surface area (Å²) in [7, 11) is -4.13. The Kier molecular flexibility index (Phi) is 3.23. The first-order chi connectivity index (χ1) is 6.14. The minimum Gasteiger partial charge on any atom is -0.394 e. The van der Waals surface area contributed by atoms with Gasteiger partial charge >= 0.3 is 10.4 Å². The first kappa shape index (κ1) is 9.96. The lowest BCUT2D eigenvalue weighted by molar-refractivity contribution is 0.149. The van der Waals surface area contributed by atoms with E-state index < -0.39 is 17.0 Å². The van der Waals surface area contributed by atoms with Gasteiger partial charge < -0.3 is 5.11 Å². The predicted molar refractivity (Wildman–Crippen MR) is 40.8 cm³/mol. The summed E-state index contributed by atoms with van der Waals surface area (Å²) >= 11 is 0. The fourth-order valence-corrected chi connectivity index (χ4v) is 1.15. The molecule has 0 amide bonds. The minimum atomic E-state index is -4.13. The van der Waals surface area contributed by atoms with Crippen LogP contribution in [0.15, 0.2) is 18.5 Å². The van der Waals surface area contributed by atoms with Crippen molar-refractivity contribution in [1.29, 1.82) is 0 Å². The van der Waals surface area contributed by atoms with E-state index in [1.165, 1.54) is 18.5 Å². The molecule has 74 valence electrons. The van der Waals surface area contributed by atoms with Gasteiger partial charge in [0.25, 0.3) is 0 Å². The van der Waals surface area contributed by atoms with Gasteiger partial charge in [-0.3, -0.25) is 0 Å². The highest BCUT2D eigenvalue weighted by molar-refractivity contribution is 7.82. The van der Waals surface area contributed by atoms with Crippen molar-refractivity contribution in [2.45, 2.75) is 0 Å². The Balaban J connectivity index is 2.53. The summed E-state index contributed by atoms with van der Waals surface area (Å²) in [5, 5.41) is 11.8. The average molecular weight is 208 g/mol. The van der Waals surface area contributed by atoms with Crippen LogP contribution in [0.1, 0.15) is 0 Å². The third-order valence-electron chi connectivity index (χ3n) is 0.967. The van der Waals surface area contributed by atoms with Gasteiger partial charge in [0, 0.05) is 0 Å². The van der Waals surface area contributed by atoms with Gasteiger partial charge in [0.2, 0.25) is 0 Å². The van der Waals surface area contributed by atoms with E-state index in [0.29, 0.717) is 0 Å². The molecule has 1 aromatic heterocycles. The van der Waals surface area contributed by atoms with Crippen molar-refractivity contribution in [2.24, 2.45) is 0 Å². The topological polar surface area (TPSA) is 90.7 Å². The summed E-state index contributed by atoms with van der Waals surface area (Å²) in [6, 6.07) is 1.49. The Hall–Kier alpha value is -1.12. The number of nitrogens with zero attached hydrogens (tertiary/aromatic N) is 2. The van der Waals surface area contributed by atoms with Crippen LogP contribution in [0.3, 0.4) is 0 Å². The molecule has 0 spiro atoms. The zero-order valence-corrected chi connectivity index (χ0v) is 7.35. The second kappa shape index (κ2) is 4.21. The molecule has 7 nitrogen and oxygen atoms in total. The van der Waals surface area contributed by atoms with Gasteiger partial charge in [0.05, 0.1) is 25.6 Å². The molecule has 0 saturated heterocycles. The van der Waals surface area contributed by atoms with Crippen molar-refractivity contribution < 1.29 is 22.0 Å². The maximum atomic E-state index is 10.8. The number of aliphatic hydroxyl groups excluding tert-OH is 1. The Bertz CT molecular complexity index is 332. The fourth-order valence-electron chi connectivity index (χ4n) is 0.553. The van der Waals surface area contributed by atoms with Crippen LogP contribution in [-0.4, -0.2) is 36.7 Å². The molecule has 8 heteroatoms.